The van der Waals surface area contributed by atoms with Crippen LogP contribution in [0.1, 0.15) is 64.7 Å². The fraction of sp³-hybridized carbons (Fsp3) is 0.750. The topological polar surface area (TPSA) is 57.6 Å². The maximum atomic E-state index is 12.1. The average molecular weight is 279 g/mol. The minimum Gasteiger partial charge on any atom is -0.503 e. The Bertz CT molecular complexity index is 408. The predicted molar refractivity (Wildman–Crippen MR) is 77.4 cm³/mol. The van der Waals surface area contributed by atoms with E-state index in [1.165, 1.54) is 6.42 Å². The quantitative estimate of drug-likeness (QED) is 0.760. The van der Waals surface area contributed by atoms with Crippen molar-refractivity contribution in [2.45, 2.75) is 70.8 Å². The highest BCUT2D eigenvalue weighted by atomic mass is 16.3. The first-order valence-corrected chi connectivity index (χ1v) is 7.91. The van der Waals surface area contributed by atoms with Crippen molar-refractivity contribution >= 4 is 11.7 Å². The van der Waals surface area contributed by atoms with Crippen molar-refractivity contribution in [1.29, 1.82) is 0 Å². The molecule has 0 aromatic rings. The zero-order chi connectivity index (χ0) is 14.5. The Kier molecular flexibility index (Phi) is 5.21. The molecule has 20 heavy (non-hydrogen) atoms. The lowest BCUT2D eigenvalue weighted by Gasteiger charge is -2.31. The molecule has 0 atom stereocenters. The Hall–Kier alpha value is -1.32. The summed E-state index contributed by atoms with van der Waals surface area (Å²) in [4.78, 5) is 25.9. The highest BCUT2D eigenvalue weighted by molar-refractivity contribution is 6.07. The van der Waals surface area contributed by atoms with Crippen molar-refractivity contribution in [3.63, 3.8) is 0 Å². The third kappa shape index (κ3) is 3.22. The van der Waals surface area contributed by atoms with Crippen molar-refractivity contribution in [3.8, 4) is 0 Å². The molecule has 1 fully saturated rings. The zero-order valence-corrected chi connectivity index (χ0v) is 12.4. The van der Waals surface area contributed by atoms with Crippen LogP contribution in [0.25, 0.3) is 0 Å². The van der Waals surface area contributed by atoms with Gasteiger partial charge in [-0.2, -0.15) is 0 Å². The predicted octanol–water partition coefficient (Wildman–Crippen LogP) is 3.12. The van der Waals surface area contributed by atoms with E-state index >= 15 is 0 Å². The minimum absolute atomic E-state index is 0.0531. The molecule has 0 radical (unpaired) electrons. The van der Waals surface area contributed by atoms with Gasteiger partial charge >= 0.3 is 0 Å². The van der Waals surface area contributed by atoms with E-state index in [9.17, 15) is 14.7 Å². The Morgan fingerprint density at radius 2 is 1.95 bits per heavy atom. The maximum absolute atomic E-state index is 12.1. The summed E-state index contributed by atoms with van der Waals surface area (Å²) in [6.07, 6.45) is 8.84. The molecule has 2 rings (SSSR count). The van der Waals surface area contributed by atoms with Crippen LogP contribution in [0.15, 0.2) is 11.3 Å². The first-order chi connectivity index (χ1) is 9.65. The minimum atomic E-state index is -0.337. The lowest BCUT2D eigenvalue weighted by Crippen LogP contribution is -2.39. The van der Waals surface area contributed by atoms with Gasteiger partial charge in [-0.1, -0.05) is 39.0 Å². The van der Waals surface area contributed by atoms with Gasteiger partial charge in [0.1, 0.15) is 0 Å². The molecule has 1 aliphatic carbocycles. The molecule has 2 aliphatic rings. The summed E-state index contributed by atoms with van der Waals surface area (Å²) >= 11 is 0. The van der Waals surface area contributed by atoms with E-state index < -0.39 is 0 Å². The third-order valence-corrected chi connectivity index (χ3v) is 4.44. The van der Waals surface area contributed by atoms with Gasteiger partial charge in [0.25, 0.3) is 5.91 Å². The number of unbranched alkanes of at least 4 members (excludes halogenated alkanes) is 2. The molecular formula is C16H25NO3. The number of hydrogen-bond donors (Lipinski definition) is 1. The first kappa shape index (κ1) is 15.1. The van der Waals surface area contributed by atoms with Gasteiger partial charge in [0, 0.05) is 12.5 Å². The Balaban J connectivity index is 1.96. The van der Waals surface area contributed by atoms with Gasteiger partial charge in [-0.3, -0.25) is 9.59 Å². The molecule has 1 amide bonds. The normalized spacial score (nSPS) is 20.9. The molecule has 1 N–H and O–H groups in total. The van der Waals surface area contributed by atoms with Crippen molar-refractivity contribution in [2.75, 3.05) is 6.54 Å². The fourth-order valence-corrected chi connectivity index (χ4v) is 3.18. The second-order valence-electron chi connectivity index (χ2n) is 5.93. The number of ketones is 1. The smallest absolute Gasteiger partial charge is 0.289 e. The van der Waals surface area contributed by atoms with Crippen LogP contribution < -0.4 is 0 Å². The van der Waals surface area contributed by atoms with Crippen LogP contribution in [0.2, 0.25) is 0 Å². The number of hydrogen-bond acceptors (Lipinski definition) is 3. The van der Waals surface area contributed by atoms with Crippen LogP contribution in [-0.2, 0) is 9.59 Å². The van der Waals surface area contributed by atoms with Crippen molar-refractivity contribution in [2.24, 2.45) is 0 Å². The third-order valence-electron chi connectivity index (χ3n) is 4.44. The molecule has 0 aromatic heterocycles. The number of Topliss-reactive ketones (excluding diaryl/α,β-unsaturated/α-hetero) is 1. The number of aliphatic hydroxyl groups is 1. The average Bonchev–Trinajstić information content (AvgIpc) is 2.77. The van der Waals surface area contributed by atoms with Crippen LogP contribution in [0.3, 0.4) is 0 Å². The van der Waals surface area contributed by atoms with Gasteiger partial charge in [-0.05, 0) is 19.3 Å². The van der Waals surface area contributed by atoms with Gasteiger partial charge in [-0.25, -0.2) is 0 Å². The lowest BCUT2D eigenvalue weighted by molar-refractivity contribution is -0.130. The molecule has 4 heteroatoms. The molecule has 0 spiro atoms. The second kappa shape index (κ2) is 6.91. The monoisotopic (exact) mass is 279 g/mol. The van der Waals surface area contributed by atoms with E-state index in [-0.39, 0.29) is 23.5 Å². The summed E-state index contributed by atoms with van der Waals surface area (Å²) in [7, 11) is 0. The van der Waals surface area contributed by atoms with Crippen LogP contribution >= 0.6 is 0 Å². The van der Waals surface area contributed by atoms with Gasteiger partial charge in [0.15, 0.2) is 11.5 Å². The Labute approximate surface area is 120 Å². The lowest BCUT2D eigenvalue weighted by atomic mass is 9.94. The van der Waals surface area contributed by atoms with E-state index in [1.807, 2.05) is 0 Å². The van der Waals surface area contributed by atoms with Gasteiger partial charge in [-0.15, -0.1) is 0 Å². The highest BCUT2D eigenvalue weighted by Gasteiger charge is 2.37. The van der Waals surface area contributed by atoms with E-state index in [2.05, 4.69) is 6.92 Å². The molecule has 0 aromatic carbocycles. The molecule has 1 saturated carbocycles. The largest absolute Gasteiger partial charge is 0.503 e. The summed E-state index contributed by atoms with van der Waals surface area (Å²) in [5.41, 5.74) is 0.344. The number of aliphatic hydroxyl groups excluding tert-OH is 1. The molecular weight excluding hydrogens is 254 g/mol. The van der Waals surface area contributed by atoms with Gasteiger partial charge < -0.3 is 10.0 Å². The number of rotatable bonds is 6. The number of carbonyl (C=O) groups is 2. The molecule has 0 bridgehead atoms. The SMILES string of the molecule is CCCCCC(=O)C1=C(O)C(=O)N(C2CCCCC2)C1. The summed E-state index contributed by atoms with van der Waals surface area (Å²) in [5.74, 6) is -0.685. The second-order valence-corrected chi connectivity index (χ2v) is 5.93. The van der Waals surface area contributed by atoms with E-state index in [4.69, 9.17) is 0 Å². The molecule has 4 nitrogen and oxygen atoms in total. The molecule has 0 saturated heterocycles. The van der Waals surface area contributed by atoms with E-state index in [0.717, 1.165) is 44.9 Å². The van der Waals surface area contributed by atoms with Gasteiger partial charge in [0.05, 0.1) is 12.1 Å². The molecule has 112 valence electrons. The highest BCUT2D eigenvalue weighted by Crippen LogP contribution is 2.29. The van der Waals surface area contributed by atoms with Crippen LogP contribution in [0.5, 0.6) is 0 Å². The Morgan fingerprint density at radius 3 is 2.60 bits per heavy atom. The summed E-state index contributed by atoms with van der Waals surface area (Å²) in [5, 5.41) is 9.95. The van der Waals surface area contributed by atoms with E-state index in [1.54, 1.807) is 4.90 Å². The summed E-state index contributed by atoms with van der Waals surface area (Å²) in [6.45, 7) is 2.41. The Morgan fingerprint density at radius 1 is 1.25 bits per heavy atom. The van der Waals surface area contributed by atoms with E-state index in [0.29, 0.717) is 18.5 Å². The first-order valence-electron chi connectivity index (χ1n) is 7.91. The van der Waals surface area contributed by atoms with Crippen LogP contribution in [-0.4, -0.2) is 34.3 Å². The molecule has 1 aliphatic heterocycles. The number of amides is 1. The zero-order valence-electron chi connectivity index (χ0n) is 12.4. The molecule has 1 heterocycles. The maximum Gasteiger partial charge on any atom is 0.289 e. The van der Waals surface area contributed by atoms with Gasteiger partial charge in [0.2, 0.25) is 0 Å². The summed E-state index contributed by atoms with van der Waals surface area (Å²) < 4.78 is 0. The van der Waals surface area contributed by atoms with Crippen LogP contribution in [0.4, 0.5) is 0 Å². The number of nitrogens with zero attached hydrogens (tertiary/aromatic N) is 1. The standard InChI is InChI=1S/C16H25NO3/c1-2-3-5-10-14(18)13-11-17(16(20)15(13)19)12-8-6-4-7-9-12/h12,19H,2-11H2,1H3. The number of carbonyl (C=O) groups excluding carboxylic acids is 2. The van der Waals surface area contributed by atoms with Crippen molar-refractivity contribution < 1.29 is 14.7 Å². The van der Waals surface area contributed by atoms with Crippen LogP contribution in [0, 0.1) is 0 Å². The van der Waals surface area contributed by atoms with Crippen molar-refractivity contribution in [1.82, 2.24) is 4.90 Å². The van der Waals surface area contributed by atoms with Crippen molar-refractivity contribution in [3.05, 3.63) is 11.3 Å². The molecule has 0 unspecified atom stereocenters. The fourth-order valence-electron chi connectivity index (χ4n) is 3.18. The summed E-state index contributed by atoms with van der Waals surface area (Å²) in [6, 6.07) is 0.208.